The third-order valence-electron chi connectivity index (χ3n) is 4.63. The van der Waals surface area contributed by atoms with Gasteiger partial charge in [0.05, 0.1) is 12.7 Å². The largest absolute Gasteiger partial charge is 0.416 e. The van der Waals surface area contributed by atoms with E-state index in [1.807, 2.05) is 0 Å². The Hall–Kier alpha value is -2.88. The third-order valence-corrected chi connectivity index (χ3v) is 5.13. The van der Waals surface area contributed by atoms with Crippen molar-refractivity contribution in [2.24, 2.45) is 0 Å². The zero-order valence-electron chi connectivity index (χ0n) is 15.5. The molecule has 0 bridgehead atoms. The summed E-state index contributed by atoms with van der Waals surface area (Å²) in [5.41, 5.74) is 1.51. The van der Waals surface area contributed by atoms with Crippen molar-refractivity contribution < 1.29 is 18.3 Å². The summed E-state index contributed by atoms with van der Waals surface area (Å²) in [6, 6.07) is 13.5. The lowest BCUT2D eigenvalue weighted by atomic mass is 9.97. The number of hydrogen-bond donors (Lipinski definition) is 1. The first-order chi connectivity index (χ1) is 14.6. The number of fused-ring (bicyclic) bond motifs is 1. The molecule has 0 radical (unpaired) electrons. The second-order valence-corrected chi connectivity index (χ2v) is 7.58. The van der Waals surface area contributed by atoms with E-state index in [4.69, 9.17) is 23.2 Å². The molecule has 11 heteroatoms. The van der Waals surface area contributed by atoms with Gasteiger partial charge in [-0.05, 0) is 35.4 Å². The Bertz CT molecular complexity index is 1300. The SMILES string of the molecule is O=c1n(CC(O)C(F)(F)F)nc2c(-c3ccc(Cl)cc3)c(-c3ccc(Cl)cc3)cnn12. The first-order valence-electron chi connectivity index (χ1n) is 8.90. The highest BCUT2D eigenvalue weighted by atomic mass is 35.5. The van der Waals surface area contributed by atoms with E-state index in [0.717, 1.165) is 4.52 Å². The van der Waals surface area contributed by atoms with E-state index in [2.05, 4.69) is 10.2 Å². The van der Waals surface area contributed by atoms with Gasteiger partial charge in [-0.1, -0.05) is 47.5 Å². The number of rotatable bonds is 4. The molecule has 0 saturated heterocycles. The minimum absolute atomic E-state index is 0.0362. The van der Waals surface area contributed by atoms with Gasteiger partial charge in [-0.2, -0.15) is 22.8 Å². The fraction of sp³-hybridized carbons (Fsp3) is 0.150. The van der Waals surface area contributed by atoms with E-state index >= 15 is 0 Å². The summed E-state index contributed by atoms with van der Waals surface area (Å²) in [5.74, 6) is 0. The van der Waals surface area contributed by atoms with Crippen LogP contribution in [0.25, 0.3) is 27.9 Å². The van der Waals surface area contributed by atoms with Gasteiger partial charge in [-0.25, -0.2) is 9.48 Å². The summed E-state index contributed by atoms with van der Waals surface area (Å²) in [6.07, 6.45) is -6.21. The van der Waals surface area contributed by atoms with Crippen LogP contribution < -0.4 is 5.69 Å². The first kappa shape index (κ1) is 21.4. The van der Waals surface area contributed by atoms with Crippen molar-refractivity contribution >= 4 is 28.8 Å². The van der Waals surface area contributed by atoms with Crippen molar-refractivity contribution in [3.05, 3.63) is 75.3 Å². The summed E-state index contributed by atoms with van der Waals surface area (Å²) in [5, 5.41) is 18.5. The predicted octanol–water partition coefficient (Wildman–Crippen LogP) is 4.46. The normalized spacial score (nSPS) is 13.0. The maximum absolute atomic E-state index is 12.8. The van der Waals surface area contributed by atoms with Gasteiger partial charge in [0.1, 0.15) is 0 Å². The number of alkyl halides is 3. The van der Waals surface area contributed by atoms with Crippen molar-refractivity contribution in [2.75, 3.05) is 0 Å². The summed E-state index contributed by atoms with van der Waals surface area (Å²) in [4.78, 5) is 12.6. The molecular weight excluding hydrogens is 456 g/mol. The molecule has 2 aromatic heterocycles. The predicted molar refractivity (Wildman–Crippen MR) is 110 cm³/mol. The van der Waals surface area contributed by atoms with E-state index < -0.39 is 24.5 Å². The monoisotopic (exact) mass is 468 g/mol. The van der Waals surface area contributed by atoms with E-state index in [1.54, 1.807) is 48.5 Å². The molecule has 160 valence electrons. The maximum atomic E-state index is 12.8. The lowest BCUT2D eigenvalue weighted by molar-refractivity contribution is -0.208. The zero-order valence-corrected chi connectivity index (χ0v) is 17.0. The molecule has 2 heterocycles. The van der Waals surface area contributed by atoms with E-state index in [-0.39, 0.29) is 5.65 Å². The Morgan fingerprint density at radius 3 is 2.06 bits per heavy atom. The van der Waals surface area contributed by atoms with Crippen LogP contribution in [0.5, 0.6) is 0 Å². The molecule has 2 aromatic carbocycles. The Morgan fingerprint density at radius 2 is 1.52 bits per heavy atom. The molecule has 1 unspecified atom stereocenters. The van der Waals surface area contributed by atoms with Crippen LogP contribution in [0.3, 0.4) is 0 Å². The van der Waals surface area contributed by atoms with Crippen molar-refractivity contribution in [1.82, 2.24) is 19.4 Å². The van der Waals surface area contributed by atoms with Crippen LogP contribution >= 0.6 is 23.2 Å². The molecule has 6 nitrogen and oxygen atoms in total. The van der Waals surface area contributed by atoms with Gasteiger partial charge in [-0.3, -0.25) is 0 Å². The maximum Gasteiger partial charge on any atom is 0.416 e. The highest BCUT2D eigenvalue weighted by molar-refractivity contribution is 6.31. The van der Waals surface area contributed by atoms with Crippen LogP contribution in [0.2, 0.25) is 10.0 Å². The lowest BCUT2D eigenvalue weighted by Gasteiger charge is -2.13. The number of halogens is 5. The average molecular weight is 469 g/mol. The molecule has 0 aliphatic carbocycles. The second-order valence-electron chi connectivity index (χ2n) is 6.70. The Morgan fingerprint density at radius 1 is 0.968 bits per heavy atom. The molecular formula is C20H13Cl2F3N4O2. The highest BCUT2D eigenvalue weighted by Crippen LogP contribution is 2.35. The van der Waals surface area contributed by atoms with Crippen LogP contribution in [0.15, 0.2) is 59.5 Å². The van der Waals surface area contributed by atoms with E-state index in [0.29, 0.717) is 37.0 Å². The standard InChI is InChI=1S/C20H13Cl2F3N4O2/c21-13-5-1-11(2-6-13)15-9-26-29-18(17(15)12-3-7-14(22)8-4-12)27-28(19(29)31)10-16(30)20(23,24)25/h1-9,16,30H,10H2. The van der Waals surface area contributed by atoms with Gasteiger partial charge in [0.25, 0.3) is 0 Å². The molecule has 0 aliphatic heterocycles. The molecule has 0 amide bonds. The second kappa shape index (κ2) is 7.99. The van der Waals surface area contributed by atoms with Crippen LogP contribution in [-0.2, 0) is 6.54 Å². The molecule has 1 atom stereocenters. The van der Waals surface area contributed by atoms with Crippen LogP contribution in [0, 0.1) is 0 Å². The molecule has 0 saturated carbocycles. The van der Waals surface area contributed by atoms with Gasteiger partial charge < -0.3 is 5.11 Å². The molecule has 0 spiro atoms. The first-order valence-corrected chi connectivity index (χ1v) is 9.66. The Balaban J connectivity index is 1.96. The molecule has 0 fully saturated rings. The van der Waals surface area contributed by atoms with E-state index in [9.17, 15) is 23.1 Å². The van der Waals surface area contributed by atoms with Gasteiger partial charge >= 0.3 is 11.9 Å². The minimum atomic E-state index is -4.89. The van der Waals surface area contributed by atoms with Crippen LogP contribution in [0.4, 0.5) is 13.2 Å². The molecule has 4 rings (SSSR count). The number of benzene rings is 2. The summed E-state index contributed by atoms with van der Waals surface area (Å²) in [7, 11) is 0. The lowest BCUT2D eigenvalue weighted by Crippen LogP contribution is -2.36. The fourth-order valence-corrected chi connectivity index (χ4v) is 3.35. The van der Waals surface area contributed by atoms with Gasteiger partial charge in [0.2, 0.25) is 0 Å². The summed E-state index contributed by atoms with van der Waals surface area (Å²) in [6.45, 7) is -1.05. The Kier molecular flexibility index (Phi) is 5.50. The number of aliphatic hydroxyl groups excluding tert-OH is 1. The van der Waals surface area contributed by atoms with Crippen molar-refractivity contribution in [2.45, 2.75) is 18.8 Å². The van der Waals surface area contributed by atoms with E-state index in [1.165, 1.54) is 6.20 Å². The average Bonchev–Trinajstić information content (AvgIpc) is 3.03. The molecule has 1 N–H and O–H groups in total. The van der Waals surface area contributed by atoms with Crippen LogP contribution in [-0.4, -0.2) is 36.8 Å². The summed E-state index contributed by atoms with van der Waals surface area (Å²) >= 11 is 12.0. The van der Waals surface area contributed by atoms with Gasteiger partial charge in [0.15, 0.2) is 11.8 Å². The van der Waals surface area contributed by atoms with Crippen molar-refractivity contribution in [3.8, 4) is 22.3 Å². The number of aliphatic hydroxyl groups is 1. The number of hydrogen-bond acceptors (Lipinski definition) is 4. The highest BCUT2D eigenvalue weighted by Gasteiger charge is 2.39. The van der Waals surface area contributed by atoms with Gasteiger partial charge in [-0.15, -0.1) is 5.10 Å². The topological polar surface area (TPSA) is 72.4 Å². The van der Waals surface area contributed by atoms with Gasteiger partial charge in [0, 0.05) is 21.2 Å². The Labute approximate surface area is 183 Å². The van der Waals surface area contributed by atoms with Crippen molar-refractivity contribution in [1.29, 1.82) is 0 Å². The quantitative estimate of drug-likeness (QED) is 0.480. The zero-order chi connectivity index (χ0) is 22.3. The van der Waals surface area contributed by atoms with Crippen molar-refractivity contribution in [3.63, 3.8) is 0 Å². The fourth-order valence-electron chi connectivity index (χ4n) is 3.10. The number of nitrogens with zero attached hydrogens (tertiary/aromatic N) is 4. The molecule has 31 heavy (non-hydrogen) atoms. The number of aromatic nitrogens is 4. The summed E-state index contributed by atoms with van der Waals surface area (Å²) < 4.78 is 39.8. The minimum Gasteiger partial charge on any atom is -0.382 e. The molecule has 4 aromatic rings. The third kappa shape index (κ3) is 4.16. The van der Waals surface area contributed by atoms with Crippen LogP contribution in [0.1, 0.15) is 0 Å². The molecule has 0 aliphatic rings. The smallest absolute Gasteiger partial charge is 0.382 e.